The lowest BCUT2D eigenvalue weighted by Crippen LogP contribution is -2.14. The van der Waals surface area contributed by atoms with Crippen LogP contribution in [0.3, 0.4) is 0 Å². The van der Waals surface area contributed by atoms with Crippen LogP contribution < -0.4 is 0 Å². The lowest BCUT2D eigenvalue weighted by atomic mass is 9.83. The Hall–Kier alpha value is -2.29. The topological polar surface area (TPSA) is 119 Å². The molecule has 9 heteroatoms. The van der Waals surface area contributed by atoms with Crippen LogP contribution in [-0.2, 0) is 9.84 Å². The van der Waals surface area contributed by atoms with Crippen LogP contribution in [0.4, 0.5) is 5.95 Å². The average molecular weight is 380 g/mol. The minimum atomic E-state index is -4.06. The molecule has 0 atom stereocenters. The molecule has 0 aliphatic rings. The highest BCUT2D eigenvalue weighted by Crippen LogP contribution is 2.38. The molecule has 8 nitrogen and oxygen atoms in total. The number of aromatic amines is 1. The number of benzene rings is 1. The monoisotopic (exact) mass is 380 g/mol. The van der Waals surface area contributed by atoms with Gasteiger partial charge < -0.3 is 10.1 Å². The smallest absolute Gasteiger partial charge is 0.390 e. The largest absolute Gasteiger partial charge is 0.492 e. The van der Waals surface area contributed by atoms with Crippen molar-refractivity contribution in [1.82, 2.24) is 15.2 Å². The molecule has 0 aliphatic heterocycles. The summed E-state index contributed by atoms with van der Waals surface area (Å²) in [4.78, 5) is 13.6. The highest BCUT2D eigenvalue weighted by molar-refractivity contribution is 7.91. The maximum absolute atomic E-state index is 13.1. The minimum Gasteiger partial charge on any atom is -0.390 e. The molecule has 2 aromatic rings. The van der Waals surface area contributed by atoms with Gasteiger partial charge in [-0.1, -0.05) is 47.6 Å². The summed E-state index contributed by atoms with van der Waals surface area (Å²) in [6, 6.07) is 3.39. The van der Waals surface area contributed by atoms with Crippen LogP contribution in [0, 0.1) is 10.1 Å². The molecule has 0 unspecified atom stereocenters. The van der Waals surface area contributed by atoms with Crippen molar-refractivity contribution in [2.24, 2.45) is 0 Å². The van der Waals surface area contributed by atoms with E-state index in [1.54, 1.807) is 6.07 Å². The van der Waals surface area contributed by atoms with Crippen LogP contribution in [0.1, 0.15) is 76.0 Å². The molecule has 2 rings (SSSR count). The van der Waals surface area contributed by atoms with Gasteiger partial charge in [0.1, 0.15) is 0 Å². The molecule has 0 aliphatic carbocycles. The van der Waals surface area contributed by atoms with Crippen molar-refractivity contribution in [2.45, 2.75) is 69.3 Å². The number of nitro groups is 1. The van der Waals surface area contributed by atoms with Crippen molar-refractivity contribution in [3.63, 3.8) is 0 Å². The third kappa shape index (κ3) is 3.48. The van der Waals surface area contributed by atoms with Gasteiger partial charge in [0.2, 0.25) is 0 Å². The zero-order chi connectivity index (χ0) is 19.8. The molecule has 0 saturated heterocycles. The minimum absolute atomic E-state index is 0.0474. The van der Waals surface area contributed by atoms with Crippen molar-refractivity contribution in [1.29, 1.82) is 0 Å². The number of rotatable bonds is 6. The van der Waals surface area contributed by atoms with Crippen LogP contribution in [0.2, 0.25) is 0 Å². The Morgan fingerprint density at radius 2 is 1.58 bits per heavy atom. The first kappa shape index (κ1) is 20.0. The summed E-state index contributed by atoms with van der Waals surface area (Å²) in [6.45, 7) is 12.1. The molecule has 26 heavy (non-hydrogen) atoms. The maximum Gasteiger partial charge on any atom is 0.492 e. The molecule has 1 N–H and O–H groups in total. The van der Waals surface area contributed by atoms with E-state index in [0.29, 0.717) is 0 Å². The molecule has 1 heterocycles. The second-order valence-electron chi connectivity index (χ2n) is 7.15. The third-order valence-electron chi connectivity index (χ3n) is 4.22. The fourth-order valence-corrected chi connectivity index (χ4v) is 4.61. The zero-order valence-corrected chi connectivity index (χ0v) is 16.6. The van der Waals surface area contributed by atoms with Gasteiger partial charge in [-0.3, -0.25) is 0 Å². The Morgan fingerprint density at radius 1 is 1.00 bits per heavy atom. The number of aromatic nitrogens is 3. The predicted octanol–water partition coefficient (Wildman–Crippen LogP) is 3.92. The van der Waals surface area contributed by atoms with Gasteiger partial charge in [0.05, 0.1) is 4.90 Å². The second kappa shape index (κ2) is 7.14. The molecule has 0 bridgehead atoms. The summed E-state index contributed by atoms with van der Waals surface area (Å²) in [7, 11) is -4.06. The average Bonchev–Trinajstić information content (AvgIpc) is 3.04. The van der Waals surface area contributed by atoms with Crippen LogP contribution in [0.5, 0.6) is 0 Å². The Balaban J connectivity index is 2.79. The lowest BCUT2D eigenvalue weighted by Gasteiger charge is -2.24. The van der Waals surface area contributed by atoms with E-state index >= 15 is 0 Å². The van der Waals surface area contributed by atoms with Crippen molar-refractivity contribution in [3.8, 4) is 0 Å². The van der Waals surface area contributed by atoms with Crippen molar-refractivity contribution >= 4 is 15.8 Å². The first-order valence-corrected chi connectivity index (χ1v) is 9.95. The first-order valence-electron chi connectivity index (χ1n) is 8.47. The van der Waals surface area contributed by atoms with Gasteiger partial charge in [0.15, 0.2) is 0 Å². The van der Waals surface area contributed by atoms with Gasteiger partial charge in [-0.15, -0.1) is 0 Å². The van der Waals surface area contributed by atoms with Crippen molar-refractivity contribution < 1.29 is 13.3 Å². The van der Waals surface area contributed by atoms with E-state index in [0.717, 1.165) is 16.7 Å². The fraction of sp³-hybridized carbons (Fsp3) is 0.529. The maximum atomic E-state index is 13.1. The van der Waals surface area contributed by atoms with Gasteiger partial charge in [-0.2, -0.15) is 5.10 Å². The number of sulfone groups is 1. The normalized spacial score (nSPS) is 12.3. The summed E-state index contributed by atoms with van der Waals surface area (Å²) in [5.74, 6) is -0.441. The number of nitrogens with one attached hydrogen (secondary N) is 1. The fourth-order valence-electron chi connectivity index (χ4n) is 3.16. The summed E-state index contributed by atoms with van der Waals surface area (Å²) in [5, 5.41) is 15.8. The van der Waals surface area contributed by atoms with Crippen LogP contribution >= 0.6 is 0 Å². The molecular formula is C17H24N4O4S. The summed E-state index contributed by atoms with van der Waals surface area (Å²) < 4.78 is 26.2. The van der Waals surface area contributed by atoms with Crippen LogP contribution in [0.15, 0.2) is 22.2 Å². The summed E-state index contributed by atoms with van der Waals surface area (Å²) >= 11 is 0. The zero-order valence-electron chi connectivity index (χ0n) is 15.8. The first-order chi connectivity index (χ1) is 12.0. The quantitative estimate of drug-likeness (QED) is 0.599. The van der Waals surface area contributed by atoms with E-state index < -0.39 is 25.9 Å². The lowest BCUT2D eigenvalue weighted by molar-refractivity contribution is -0.394. The SMILES string of the molecule is CC(C)c1ccc(S(=O)(=O)c2nc([N+](=O)[O-])n[nH]2)c(C(C)C)c1C(C)C. The number of hydrogen-bond acceptors (Lipinski definition) is 6. The van der Waals surface area contributed by atoms with E-state index in [1.807, 2.05) is 33.8 Å². The standard InChI is InChI=1S/C17H24N4O4S/c1-9(2)12-7-8-13(15(11(5)6)14(12)10(3)4)26(24,25)17-18-16(19-20-17)21(22)23/h7-11H,1-6H3,(H,18,19,20). The summed E-state index contributed by atoms with van der Waals surface area (Å²) in [5.41, 5.74) is 2.83. The summed E-state index contributed by atoms with van der Waals surface area (Å²) in [6.07, 6.45) is 0. The Bertz CT molecular complexity index is 930. The number of hydrogen-bond donors (Lipinski definition) is 1. The molecule has 0 fully saturated rings. The van der Waals surface area contributed by atoms with E-state index in [1.165, 1.54) is 0 Å². The van der Waals surface area contributed by atoms with Crippen molar-refractivity contribution in [3.05, 3.63) is 38.9 Å². The molecular weight excluding hydrogens is 356 g/mol. The van der Waals surface area contributed by atoms with Crippen LogP contribution in [-0.4, -0.2) is 28.5 Å². The molecule has 0 amide bonds. The number of H-pyrrole nitrogens is 1. The van der Waals surface area contributed by atoms with E-state index in [9.17, 15) is 18.5 Å². The molecule has 1 aromatic carbocycles. The highest BCUT2D eigenvalue weighted by Gasteiger charge is 2.33. The molecule has 142 valence electrons. The second-order valence-corrected chi connectivity index (χ2v) is 8.98. The van der Waals surface area contributed by atoms with Gasteiger partial charge >= 0.3 is 11.1 Å². The molecule has 0 radical (unpaired) electrons. The highest BCUT2D eigenvalue weighted by atomic mass is 32.2. The van der Waals surface area contributed by atoms with Crippen LogP contribution in [0.25, 0.3) is 0 Å². The molecule has 0 saturated carbocycles. The predicted molar refractivity (Wildman–Crippen MR) is 97.2 cm³/mol. The van der Waals surface area contributed by atoms with Crippen molar-refractivity contribution in [2.75, 3.05) is 0 Å². The van der Waals surface area contributed by atoms with Gasteiger partial charge in [0, 0.05) is 5.10 Å². The molecule has 0 spiro atoms. The van der Waals surface area contributed by atoms with E-state index in [-0.39, 0.29) is 22.6 Å². The van der Waals surface area contributed by atoms with Gasteiger partial charge in [-0.25, -0.2) is 8.42 Å². The third-order valence-corrected chi connectivity index (χ3v) is 5.84. The Labute approximate surface area is 153 Å². The Morgan fingerprint density at radius 3 is 2.00 bits per heavy atom. The van der Waals surface area contributed by atoms with E-state index in [4.69, 9.17) is 0 Å². The van der Waals surface area contributed by atoms with Gasteiger partial charge in [0.25, 0.3) is 9.84 Å². The molecule has 1 aromatic heterocycles. The Kier molecular flexibility index (Phi) is 5.50. The van der Waals surface area contributed by atoms with E-state index in [2.05, 4.69) is 29.0 Å². The number of nitrogens with zero attached hydrogens (tertiary/aromatic N) is 3. The van der Waals surface area contributed by atoms with Gasteiger partial charge in [-0.05, 0) is 50.4 Å².